The van der Waals surface area contributed by atoms with Crippen LogP contribution < -0.4 is 10.2 Å². The van der Waals surface area contributed by atoms with Crippen molar-refractivity contribution in [3.8, 4) is 0 Å². The van der Waals surface area contributed by atoms with Crippen LogP contribution in [0.4, 0.5) is 5.69 Å². The molecule has 0 unspecified atom stereocenters. The Labute approximate surface area is 133 Å². The van der Waals surface area contributed by atoms with Crippen LogP contribution in [0.15, 0.2) is 54.6 Å². The van der Waals surface area contributed by atoms with Crippen LogP contribution in [-0.4, -0.2) is 12.1 Å². The van der Waals surface area contributed by atoms with Gasteiger partial charge in [-0.25, -0.2) is 0 Å². The predicted molar refractivity (Wildman–Crippen MR) is 92.0 cm³/mol. The molecule has 114 valence electrons. The lowest BCUT2D eigenvalue weighted by Crippen LogP contribution is -2.49. The molecule has 0 atom stereocenters. The van der Waals surface area contributed by atoms with E-state index in [2.05, 4.69) is 64.8 Å². The van der Waals surface area contributed by atoms with E-state index in [0.717, 1.165) is 19.6 Å². The first-order valence-electron chi connectivity index (χ1n) is 8.47. The van der Waals surface area contributed by atoms with Gasteiger partial charge in [-0.15, -0.1) is 0 Å². The third kappa shape index (κ3) is 2.64. The van der Waals surface area contributed by atoms with Crippen molar-refractivity contribution >= 4 is 5.69 Å². The van der Waals surface area contributed by atoms with E-state index in [1.54, 1.807) is 0 Å². The number of fused-ring (bicyclic) bond motifs is 1. The van der Waals surface area contributed by atoms with Crippen molar-refractivity contribution in [2.75, 3.05) is 11.4 Å². The first kappa shape index (κ1) is 13.8. The van der Waals surface area contributed by atoms with Gasteiger partial charge in [0.15, 0.2) is 0 Å². The summed E-state index contributed by atoms with van der Waals surface area (Å²) in [4.78, 5) is 2.59. The summed E-state index contributed by atoms with van der Waals surface area (Å²) < 4.78 is 0. The van der Waals surface area contributed by atoms with Crippen LogP contribution in [-0.2, 0) is 13.1 Å². The number of anilines is 1. The molecule has 2 heteroatoms. The van der Waals surface area contributed by atoms with Gasteiger partial charge < -0.3 is 10.2 Å². The summed E-state index contributed by atoms with van der Waals surface area (Å²) in [6, 6.07) is 19.7. The maximum Gasteiger partial charge on any atom is 0.0430 e. The Bertz CT molecular complexity index is 629. The summed E-state index contributed by atoms with van der Waals surface area (Å²) in [7, 11) is 0. The Kier molecular flexibility index (Phi) is 3.63. The molecule has 2 aromatic rings. The van der Waals surface area contributed by atoms with Crippen molar-refractivity contribution in [2.24, 2.45) is 0 Å². The summed E-state index contributed by atoms with van der Waals surface area (Å²) in [6.45, 7) is 3.13. The molecule has 22 heavy (non-hydrogen) atoms. The highest BCUT2D eigenvalue weighted by Gasteiger charge is 2.37. The van der Waals surface area contributed by atoms with E-state index in [1.165, 1.54) is 42.5 Å². The zero-order valence-electron chi connectivity index (χ0n) is 13.1. The van der Waals surface area contributed by atoms with Crippen LogP contribution in [0.3, 0.4) is 0 Å². The van der Waals surface area contributed by atoms with Crippen molar-refractivity contribution in [2.45, 2.75) is 44.3 Å². The van der Waals surface area contributed by atoms with E-state index in [9.17, 15) is 0 Å². The van der Waals surface area contributed by atoms with Crippen LogP contribution >= 0.6 is 0 Å². The quantitative estimate of drug-likeness (QED) is 0.896. The summed E-state index contributed by atoms with van der Waals surface area (Å²) in [5.41, 5.74) is 4.55. The zero-order chi connectivity index (χ0) is 14.8. The number of hydrogen-bond donors (Lipinski definition) is 1. The molecular weight excluding hydrogens is 268 g/mol. The van der Waals surface area contributed by atoms with Crippen molar-refractivity contribution in [1.29, 1.82) is 0 Å². The lowest BCUT2D eigenvalue weighted by molar-refractivity contribution is 0.337. The fourth-order valence-corrected chi connectivity index (χ4v) is 4.09. The summed E-state index contributed by atoms with van der Waals surface area (Å²) in [5, 5.41) is 3.89. The van der Waals surface area contributed by atoms with Gasteiger partial charge in [-0.3, -0.25) is 0 Å². The minimum absolute atomic E-state index is 0.313. The molecule has 0 aromatic heterocycles. The lowest BCUT2D eigenvalue weighted by atomic mass is 9.97. The fourth-order valence-electron chi connectivity index (χ4n) is 4.09. The minimum atomic E-state index is 0.313. The Morgan fingerprint density at radius 3 is 2.45 bits per heavy atom. The van der Waals surface area contributed by atoms with Crippen molar-refractivity contribution in [3.63, 3.8) is 0 Å². The van der Waals surface area contributed by atoms with Gasteiger partial charge in [0.05, 0.1) is 0 Å². The number of benzene rings is 2. The second-order valence-corrected chi connectivity index (χ2v) is 6.81. The van der Waals surface area contributed by atoms with Gasteiger partial charge in [0.25, 0.3) is 0 Å². The molecule has 1 aliphatic carbocycles. The van der Waals surface area contributed by atoms with Crippen LogP contribution in [0, 0.1) is 0 Å². The number of nitrogens with zero attached hydrogens (tertiary/aromatic N) is 1. The smallest absolute Gasteiger partial charge is 0.0430 e. The van der Waals surface area contributed by atoms with Gasteiger partial charge in [-0.1, -0.05) is 61.4 Å². The minimum Gasteiger partial charge on any atom is -0.365 e. The highest BCUT2D eigenvalue weighted by Crippen LogP contribution is 2.36. The second-order valence-electron chi connectivity index (χ2n) is 6.81. The van der Waals surface area contributed by atoms with Gasteiger partial charge in [-0.05, 0) is 30.0 Å². The molecule has 1 saturated carbocycles. The molecule has 1 spiro atoms. The molecule has 2 aromatic carbocycles. The fraction of sp³-hybridized carbons (Fsp3) is 0.400. The molecule has 0 amide bonds. The van der Waals surface area contributed by atoms with Crippen molar-refractivity contribution < 1.29 is 0 Å². The van der Waals surface area contributed by atoms with E-state index in [0.29, 0.717) is 5.54 Å². The Morgan fingerprint density at radius 1 is 0.909 bits per heavy atom. The second kappa shape index (κ2) is 5.77. The lowest BCUT2D eigenvalue weighted by Gasteiger charge is -2.35. The molecule has 4 rings (SSSR count). The highest BCUT2D eigenvalue weighted by atomic mass is 15.2. The van der Waals surface area contributed by atoms with Crippen molar-refractivity contribution in [1.82, 2.24) is 5.32 Å². The number of nitrogens with one attached hydrogen (secondary N) is 1. The van der Waals surface area contributed by atoms with Crippen molar-refractivity contribution in [3.05, 3.63) is 65.7 Å². The van der Waals surface area contributed by atoms with Crippen LogP contribution in [0.2, 0.25) is 0 Å². The van der Waals surface area contributed by atoms with E-state index < -0.39 is 0 Å². The van der Waals surface area contributed by atoms with Gasteiger partial charge in [0.2, 0.25) is 0 Å². The molecule has 2 aliphatic rings. The van der Waals surface area contributed by atoms with Crippen LogP contribution in [0.25, 0.3) is 0 Å². The molecule has 2 nitrogen and oxygen atoms in total. The molecule has 0 bridgehead atoms. The standard InChI is InChI=1S/C20H24N2/c1-2-8-17(9-3-1)15-22-16-20(12-6-7-13-20)21-14-18-10-4-5-11-19(18)22/h1-5,8-11,21H,6-7,12-16H2. The molecule has 1 fully saturated rings. The number of para-hydroxylation sites is 1. The number of hydrogen-bond acceptors (Lipinski definition) is 2. The molecule has 1 aliphatic heterocycles. The average molecular weight is 292 g/mol. The van der Waals surface area contributed by atoms with E-state index in [-0.39, 0.29) is 0 Å². The highest BCUT2D eigenvalue weighted by molar-refractivity contribution is 5.55. The van der Waals surface area contributed by atoms with E-state index >= 15 is 0 Å². The summed E-state index contributed by atoms with van der Waals surface area (Å²) >= 11 is 0. The van der Waals surface area contributed by atoms with Gasteiger partial charge >= 0.3 is 0 Å². The third-order valence-corrected chi connectivity index (χ3v) is 5.26. The molecular formula is C20H24N2. The van der Waals surface area contributed by atoms with Gasteiger partial charge in [0.1, 0.15) is 0 Å². The Morgan fingerprint density at radius 2 is 1.64 bits per heavy atom. The normalized spacial score (nSPS) is 19.9. The SMILES string of the molecule is c1ccc(CN2CC3(CCCC3)NCc3ccccc32)cc1. The number of rotatable bonds is 2. The molecule has 1 heterocycles. The zero-order valence-corrected chi connectivity index (χ0v) is 13.1. The maximum absolute atomic E-state index is 3.89. The Hall–Kier alpha value is -1.80. The maximum atomic E-state index is 3.89. The largest absolute Gasteiger partial charge is 0.365 e. The van der Waals surface area contributed by atoms with E-state index in [4.69, 9.17) is 0 Å². The predicted octanol–water partition coefficient (Wildman–Crippen LogP) is 4.11. The Balaban J connectivity index is 1.68. The van der Waals surface area contributed by atoms with Gasteiger partial charge in [0, 0.05) is 30.9 Å². The monoisotopic (exact) mass is 292 g/mol. The average Bonchev–Trinajstić information content (AvgIpc) is 2.96. The first-order chi connectivity index (χ1) is 10.8. The summed E-state index contributed by atoms with van der Waals surface area (Å²) in [6.07, 6.45) is 5.35. The summed E-state index contributed by atoms with van der Waals surface area (Å²) in [5.74, 6) is 0. The molecule has 0 radical (unpaired) electrons. The molecule has 1 N–H and O–H groups in total. The first-order valence-corrected chi connectivity index (χ1v) is 8.47. The van der Waals surface area contributed by atoms with Crippen LogP contribution in [0.5, 0.6) is 0 Å². The molecule has 0 saturated heterocycles. The third-order valence-electron chi connectivity index (χ3n) is 5.26. The topological polar surface area (TPSA) is 15.3 Å². The van der Waals surface area contributed by atoms with E-state index in [1.807, 2.05) is 0 Å². The van der Waals surface area contributed by atoms with Gasteiger partial charge in [-0.2, -0.15) is 0 Å². The van der Waals surface area contributed by atoms with Crippen LogP contribution in [0.1, 0.15) is 36.8 Å².